The minimum Gasteiger partial charge on any atom is -0.256 e. The summed E-state index contributed by atoms with van der Waals surface area (Å²) in [6.07, 6.45) is 3.86. The molecule has 6 aromatic rings. The van der Waals surface area contributed by atoms with Crippen molar-refractivity contribution in [3.8, 4) is 11.1 Å². The minimum absolute atomic E-state index is 0.972. The second-order valence-electron chi connectivity index (χ2n) is 10.1. The Morgan fingerprint density at radius 2 is 1.50 bits per heavy atom. The number of fused-ring (bicyclic) bond motifs is 3. The molecule has 0 unspecified atom stereocenters. The lowest BCUT2D eigenvalue weighted by Crippen LogP contribution is -1.98. The van der Waals surface area contributed by atoms with Crippen molar-refractivity contribution in [3.63, 3.8) is 0 Å². The van der Waals surface area contributed by atoms with Crippen LogP contribution < -0.4 is 0 Å². The van der Waals surface area contributed by atoms with Gasteiger partial charge in [0.2, 0.25) is 0 Å². The Kier molecular flexibility index (Phi) is 5.53. The highest BCUT2D eigenvalue weighted by molar-refractivity contribution is 6.00. The summed E-state index contributed by atoms with van der Waals surface area (Å²) in [4.78, 5) is 9.65. The first-order chi connectivity index (χ1) is 17.5. The zero-order valence-corrected chi connectivity index (χ0v) is 21.4. The standard InChI is InChI=1S/C34H30N2/c1-21-7-12-27-13-11-25(18-29(27)16-21)9-10-26-19-31(30-14-8-23(3)36-32(30)20-26)33-22(2)17-28-6-5-15-35-34(28)24(33)4/h5-8,11-20H,9-10H2,1-4H3. The lowest BCUT2D eigenvalue weighted by Gasteiger charge is -2.17. The van der Waals surface area contributed by atoms with Gasteiger partial charge in [-0.15, -0.1) is 0 Å². The Morgan fingerprint density at radius 3 is 2.39 bits per heavy atom. The van der Waals surface area contributed by atoms with E-state index in [0.29, 0.717) is 0 Å². The molecule has 0 saturated heterocycles. The summed E-state index contributed by atoms with van der Waals surface area (Å²) >= 11 is 0. The van der Waals surface area contributed by atoms with Crippen molar-refractivity contribution >= 4 is 32.6 Å². The van der Waals surface area contributed by atoms with Gasteiger partial charge in [-0.1, -0.05) is 60.2 Å². The minimum atomic E-state index is 0.972. The molecule has 176 valence electrons. The van der Waals surface area contributed by atoms with Crippen molar-refractivity contribution in [1.82, 2.24) is 9.97 Å². The molecule has 0 spiro atoms. The number of benzene rings is 4. The number of rotatable bonds is 4. The topological polar surface area (TPSA) is 25.8 Å². The largest absolute Gasteiger partial charge is 0.256 e. The van der Waals surface area contributed by atoms with E-state index in [1.165, 1.54) is 60.5 Å². The highest BCUT2D eigenvalue weighted by Crippen LogP contribution is 2.37. The highest BCUT2D eigenvalue weighted by Gasteiger charge is 2.15. The van der Waals surface area contributed by atoms with E-state index in [2.05, 4.69) is 100 Å². The Balaban J connectivity index is 1.46. The Bertz CT molecular complexity index is 1780. The summed E-state index contributed by atoms with van der Waals surface area (Å²) in [6.45, 7) is 8.64. The van der Waals surface area contributed by atoms with E-state index in [-0.39, 0.29) is 0 Å². The predicted octanol–water partition coefficient (Wildman–Crippen LogP) is 8.62. The van der Waals surface area contributed by atoms with Gasteiger partial charge in [0.25, 0.3) is 0 Å². The molecule has 2 heteroatoms. The van der Waals surface area contributed by atoms with Crippen molar-refractivity contribution in [1.29, 1.82) is 0 Å². The van der Waals surface area contributed by atoms with Gasteiger partial charge in [0.1, 0.15) is 0 Å². The van der Waals surface area contributed by atoms with Crippen molar-refractivity contribution in [3.05, 3.63) is 119 Å². The molecule has 0 N–H and O–H groups in total. The maximum atomic E-state index is 4.93. The molecule has 2 aromatic heterocycles. The summed E-state index contributed by atoms with van der Waals surface area (Å²) < 4.78 is 0. The van der Waals surface area contributed by atoms with Crippen LogP contribution in [0.3, 0.4) is 0 Å². The van der Waals surface area contributed by atoms with E-state index >= 15 is 0 Å². The zero-order valence-electron chi connectivity index (χ0n) is 21.4. The molecule has 2 nitrogen and oxygen atoms in total. The lowest BCUT2D eigenvalue weighted by molar-refractivity contribution is 0.964. The van der Waals surface area contributed by atoms with Crippen LogP contribution in [0.2, 0.25) is 0 Å². The molecule has 0 bridgehead atoms. The molecule has 2 heterocycles. The number of hydrogen-bond donors (Lipinski definition) is 0. The van der Waals surface area contributed by atoms with Crippen LogP contribution >= 0.6 is 0 Å². The molecule has 0 amide bonds. The van der Waals surface area contributed by atoms with Crippen LogP contribution in [0.25, 0.3) is 43.7 Å². The van der Waals surface area contributed by atoms with E-state index in [9.17, 15) is 0 Å². The number of pyridine rings is 2. The summed E-state index contributed by atoms with van der Waals surface area (Å²) in [5.74, 6) is 0. The second kappa shape index (κ2) is 8.87. The van der Waals surface area contributed by atoms with Crippen LogP contribution in [0.15, 0.2) is 85.1 Å². The van der Waals surface area contributed by atoms with Gasteiger partial charge in [0, 0.05) is 22.7 Å². The Hall–Kier alpha value is -4.04. The van der Waals surface area contributed by atoms with E-state index in [0.717, 1.165) is 29.6 Å². The number of nitrogens with zero attached hydrogens (tertiary/aromatic N) is 2. The molecule has 0 aliphatic rings. The fourth-order valence-corrected chi connectivity index (χ4v) is 5.59. The van der Waals surface area contributed by atoms with Crippen molar-refractivity contribution in [2.75, 3.05) is 0 Å². The first-order valence-electron chi connectivity index (χ1n) is 12.7. The van der Waals surface area contributed by atoms with E-state index in [4.69, 9.17) is 9.97 Å². The molecular formula is C34H30N2. The zero-order chi connectivity index (χ0) is 24.8. The maximum Gasteiger partial charge on any atom is 0.0737 e. The van der Waals surface area contributed by atoms with Crippen LogP contribution in [0.4, 0.5) is 0 Å². The van der Waals surface area contributed by atoms with Crippen LogP contribution in [0.1, 0.15) is 33.5 Å². The third-order valence-electron chi connectivity index (χ3n) is 7.37. The van der Waals surface area contributed by atoms with Crippen molar-refractivity contribution < 1.29 is 0 Å². The van der Waals surface area contributed by atoms with E-state index in [1.54, 1.807) is 0 Å². The third-order valence-corrected chi connectivity index (χ3v) is 7.37. The quantitative estimate of drug-likeness (QED) is 0.260. The third kappa shape index (κ3) is 4.03. The summed E-state index contributed by atoms with van der Waals surface area (Å²) in [5, 5.41) is 5.01. The van der Waals surface area contributed by atoms with E-state index in [1.807, 2.05) is 12.3 Å². The molecule has 0 aliphatic heterocycles. The molecule has 0 radical (unpaired) electrons. The van der Waals surface area contributed by atoms with Gasteiger partial charge in [-0.25, -0.2) is 0 Å². The smallest absolute Gasteiger partial charge is 0.0737 e. The molecule has 0 fully saturated rings. The molecule has 0 aliphatic carbocycles. The molecule has 6 rings (SSSR count). The van der Waals surface area contributed by atoms with Crippen LogP contribution in [-0.2, 0) is 12.8 Å². The summed E-state index contributed by atoms with van der Waals surface area (Å²) in [6, 6.07) is 29.0. The van der Waals surface area contributed by atoms with Crippen molar-refractivity contribution in [2.45, 2.75) is 40.5 Å². The Labute approximate surface area is 212 Å². The van der Waals surface area contributed by atoms with Crippen LogP contribution in [0, 0.1) is 27.7 Å². The molecule has 4 aromatic carbocycles. The van der Waals surface area contributed by atoms with Gasteiger partial charge >= 0.3 is 0 Å². The van der Waals surface area contributed by atoms with Gasteiger partial charge < -0.3 is 0 Å². The average Bonchev–Trinajstić information content (AvgIpc) is 2.87. The first-order valence-corrected chi connectivity index (χ1v) is 12.7. The number of aryl methyl sites for hydroxylation is 6. The van der Waals surface area contributed by atoms with E-state index < -0.39 is 0 Å². The SMILES string of the molecule is Cc1ccc2ccc(CCc3cc(-c4c(C)cc5cccnc5c4C)c4ccc(C)nc4c3)cc2c1. The second-order valence-corrected chi connectivity index (χ2v) is 10.1. The number of hydrogen-bond acceptors (Lipinski definition) is 2. The van der Waals surface area contributed by atoms with Gasteiger partial charge in [-0.05, 0) is 109 Å². The maximum absolute atomic E-state index is 4.93. The molecular weight excluding hydrogens is 436 g/mol. The monoisotopic (exact) mass is 466 g/mol. The summed E-state index contributed by atoms with van der Waals surface area (Å²) in [7, 11) is 0. The van der Waals surface area contributed by atoms with Crippen LogP contribution in [-0.4, -0.2) is 9.97 Å². The fraction of sp³-hybridized carbons (Fsp3) is 0.176. The predicted molar refractivity (Wildman–Crippen MR) is 153 cm³/mol. The van der Waals surface area contributed by atoms with Crippen LogP contribution in [0.5, 0.6) is 0 Å². The normalized spacial score (nSPS) is 11.6. The van der Waals surface area contributed by atoms with Crippen molar-refractivity contribution in [2.24, 2.45) is 0 Å². The average molecular weight is 467 g/mol. The van der Waals surface area contributed by atoms with Gasteiger partial charge in [-0.3, -0.25) is 9.97 Å². The van der Waals surface area contributed by atoms with Gasteiger partial charge in [-0.2, -0.15) is 0 Å². The molecule has 0 saturated carbocycles. The first kappa shape index (κ1) is 22.4. The molecule has 0 atom stereocenters. The fourth-order valence-electron chi connectivity index (χ4n) is 5.59. The lowest BCUT2D eigenvalue weighted by atomic mass is 9.89. The summed E-state index contributed by atoms with van der Waals surface area (Å²) in [5.41, 5.74) is 12.2. The van der Waals surface area contributed by atoms with Gasteiger partial charge in [0.05, 0.1) is 11.0 Å². The molecule has 36 heavy (non-hydrogen) atoms. The number of aromatic nitrogens is 2. The van der Waals surface area contributed by atoms with Gasteiger partial charge in [0.15, 0.2) is 0 Å². The highest BCUT2D eigenvalue weighted by atomic mass is 14.7. The Morgan fingerprint density at radius 1 is 0.667 bits per heavy atom.